The summed E-state index contributed by atoms with van der Waals surface area (Å²) in [7, 11) is 0. The second-order valence-electron chi connectivity index (χ2n) is 4.33. The summed E-state index contributed by atoms with van der Waals surface area (Å²) in [5, 5.41) is 12.9. The number of carboxylic acid groups (broad SMARTS) is 1. The molecule has 1 aromatic rings. The molecule has 0 radical (unpaired) electrons. The number of hydrogen-bond acceptors (Lipinski definition) is 2. The first-order chi connectivity index (χ1) is 7.93. The highest BCUT2D eigenvalue weighted by molar-refractivity contribution is 6.31. The Labute approximate surface area is 107 Å². The number of halogens is 1. The monoisotopic (exact) mass is 255 g/mol. The molecule has 17 heavy (non-hydrogen) atoms. The number of nitrogens with one attached hydrogen (secondary N) is 1. The molecular weight excluding hydrogens is 238 g/mol. The molecule has 2 N–H and O–H groups in total. The van der Waals surface area contributed by atoms with Gasteiger partial charge in [-0.1, -0.05) is 36.7 Å². The highest BCUT2D eigenvalue weighted by Gasteiger charge is 2.21. The summed E-state index contributed by atoms with van der Waals surface area (Å²) >= 11 is 6.09. The lowest BCUT2D eigenvalue weighted by atomic mass is 10.0. The molecule has 0 aromatic heterocycles. The zero-order chi connectivity index (χ0) is 13.0. The predicted octanol–water partition coefficient (Wildman–Crippen LogP) is 3.10. The zero-order valence-corrected chi connectivity index (χ0v) is 11.0. The lowest BCUT2D eigenvalue weighted by Gasteiger charge is -2.23. The topological polar surface area (TPSA) is 49.3 Å². The predicted molar refractivity (Wildman–Crippen MR) is 69.3 cm³/mol. The van der Waals surface area contributed by atoms with E-state index in [9.17, 15) is 4.79 Å². The molecule has 1 aromatic carbocycles. The van der Waals surface area contributed by atoms with Crippen molar-refractivity contribution in [2.24, 2.45) is 5.92 Å². The zero-order valence-electron chi connectivity index (χ0n) is 10.3. The quantitative estimate of drug-likeness (QED) is 0.850. The fourth-order valence-corrected chi connectivity index (χ4v) is 1.97. The van der Waals surface area contributed by atoms with Gasteiger partial charge < -0.3 is 10.4 Å². The van der Waals surface area contributed by atoms with E-state index in [0.29, 0.717) is 5.02 Å². The maximum absolute atomic E-state index is 10.9. The summed E-state index contributed by atoms with van der Waals surface area (Å²) in [6.07, 6.45) is 0. The largest absolute Gasteiger partial charge is 0.481 e. The Morgan fingerprint density at radius 2 is 1.88 bits per heavy atom. The summed E-state index contributed by atoms with van der Waals surface area (Å²) in [6.45, 7) is 5.54. The summed E-state index contributed by atoms with van der Waals surface area (Å²) in [5.74, 6) is -1.23. The molecule has 0 aliphatic carbocycles. The van der Waals surface area contributed by atoms with Crippen molar-refractivity contribution in [3.8, 4) is 0 Å². The van der Waals surface area contributed by atoms with Gasteiger partial charge in [0.25, 0.3) is 0 Å². The third-order valence-electron chi connectivity index (χ3n) is 3.02. The van der Waals surface area contributed by atoms with Crippen molar-refractivity contribution in [2.45, 2.75) is 32.9 Å². The van der Waals surface area contributed by atoms with Crippen LogP contribution in [0.3, 0.4) is 0 Å². The minimum Gasteiger partial charge on any atom is -0.481 e. The van der Waals surface area contributed by atoms with E-state index in [1.54, 1.807) is 6.92 Å². The minimum absolute atomic E-state index is 0.0282. The van der Waals surface area contributed by atoms with Crippen molar-refractivity contribution in [2.75, 3.05) is 0 Å². The smallest absolute Gasteiger partial charge is 0.307 e. The van der Waals surface area contributed by atoms with E-state index in [1.165, 1.54) is 0 Å². The highest BCUT2D eigenvalue weighted by atomic mass is 35.5. The summed E-state index contributed by atoms with van der Waals surface area (Å²) in [5.41, 5.74) is 0.985. The molecule has 0 spiro atoms. The van der Waals surface area contributed by atoms with Gasteiger partial charge in [0.15, 0.2) is 0 Å². The molecule has 0 aliphatic heterocycles. The van der Waals surface area contributed by atoms with E-state index in [-0.39, 0.29) is 12.1 Å². The van der Waals surface area contributed by atoms with Gasteiger partial charge in [0.1, 0.15) is 0 Å². The van der Waals surface area contributed by atoms with Crippen molar-refractivity contribution >= 4 is 17.6 Å². The molecule has 1 rings (SSSR count). The molecule has 0 saturated carbocycles. The van der Waals surface area contributed by atoms with Crippen LogP contribution in [0.1, 0.15) is 32.4 Å². The molecule has 4 heteroatoms. The van der Waals surface area contributed by atoms with E-state index in [4.69, 9.17) is 16.7 Å². The Morgan fingerprint density at radius 3 is 2.41 bits per heavy atom. The van der Waals surface area contributed by atoms with Crippen LogP contribution in [0.4, 0.5) is 0 Å². The van der Waals surface area contributed by atoms with Crippen molar-refractivity contribution in [1.82, 2.24) is 5.32 Å². The van der Waals surface area contributed by atoms with Crippen LogP contribution in [-0.4, -0.2) is 17.1 Å². The molecular formula is C13H18ClNO2. The summed E-state index contributed by atoms with van der Waals surface area (Å²) < 4.78 is 0. The number of aliphatic carboxylic acids is 1. The van der Waals surface area contributed by atoms with E-state index in [1.807, 2.05) is 38.1 Å². The summed E-state index contributed by atoms with van der Waals surface area (Å²) in [4.78, 5) is 10.9. The third kappa shape index (κ3) is 3.72. The van der Waals surface area contributed by atoms with Gasteiger partial charge in [-0.05, 0) is 25.5 Å². The van der Waals surface area contributed by atoms with Crippen LogP contribution in [0.5, 0.6) is 0 Å². The maximum atomic E-state index is 10.9. The van der Waals surface area contributed by atoms with Crippen molar-refractivity contribution in [3.63, 3.8) is 0 Å². The first-order valence-corrected chi connectivity index (χ1v) is 6.04. The van der Waals surface area contributed by atoms with Crippen LogP contribution in [0, 0.1) is 5.92 Å². The Hall–Kier alpha value is -1.06. The molecule has 2 unspecified atom stereocenters. The van der Waals surface area contributed by atoms with Crippen molar-refractivity contribution < 1.29 is 9.90 Å². The third-order valence-corrected chi connectivity index (χ3v) is 3.37. The molecule has 0 heterocycles. The average molecular weight is 256 g/mol. The van der Waals surface area contributed by atoms with Gasteiger partial charge in [-0.2, -0.15) is 0 Å². The first-order valence-electron chi connectivity index (χ1n) is 5.66. The van der Waals surface area contributed by atoms with Gasteiger partial charge in [-0.15, -0.1) is 0 Å². The number of hydrogen-bond donors (Lipinski definition) is 2. The molecule has 0 aliphatic rings. The Bertz CT molecular complexity index is 395. The van der Waals surface area contributed by atoms with Crippen LogP contribution in [0.2, 0.25) is 5.02 Å². The van der Waals surface area contributed by atoms with Gasteiger partial charge >= 0.3 is 5.97 Å². The van der Waals surface area contributed by atoms with E-state index < -0.39 is 11.9 Å². The average Bonchev–Trinajstić information content (AvgIpc) is 2.28. The first kappa shape index (κ1) is 14.0. The number of carboxylic acids is 1. The second-order valence-corrected chi connectivity index (χ2v) is 4.73. The summed E-state index contributed by atoms with van der Waals surface area (Å²) in [6, 6.07) is 7.49. The maximum Gasteiger partial charge on any atom is 0.307 e. The van der Waals surface area contributed by atoms with Gasteiger partial charge in [0, 0.05) is 17.1 Å². The fraction of sp³-hybridized carbons (Fsp3) is 0.462. The molecule has 0 fully saturated rings. The number of carbonyl (C=O) groups is 1. The normalized spacial score (nSPS) is 16.2. The van der Waals surface area contributed by atoms with Crippen LogP contribution < -0.4 is 5.32 Å². The molecule has 0 bridgehead atoms. The van der Waals surface area contributed by atoms with Crippen LogP contribution >= 0.6 is 11.6 Å². The number of rotatable bonds is 5. The second kappa shape index (κ2) is 6.03. The van der Waals surface area contributed by atoms with Crippen molar-refractivity contribution in [3.05, 3.63) is 34.9 Å². The van der Waals surface area contributed by atoms with E-state index in [0.717, 1.165) is 5.56 Å². The molecule has 94 valence electrons. The fourth-order valence-electron chi connectivity index (χ4n) is 1.67. The van der Waals surface area contributed by atoms with Gasteiger partial charge in [0.05, 0.1) is 5.92 Å². The van der Waals surface area contributed by atoms with E-state index >= 15 is 0 Å². The van der Waals surface area contributed by atoms with E-state index in [2.05, 4.69) is 5.32 Å². The standard InChI is InChI=1S/C13H18ClNO2/c1-8(13(16)17)9(2)15-10(3)11-6-4-5-7-12(11)14/h4-10,15H,1-3H3,(H,16,17)/t8?,9?,10-/m1/s1. The Morgan fingerprint density at radius 1 is 1.29 bits per heavy atom. The molecule has 3 nitrogen and oxygen atoms in total. The van der Waals surface area contributed by atoms with Gasteiger partial charge in [-0.25, -0.2) is 0 Å². The lowest BCUT2D eigenvalue weighted by molar-refractivity contribution is -0.142. The Balaban J connectivity index is 2.70. The molecule has 0 amide bonds. The van der Waals surface area contributed by atoms with Gasteiger partial charge in [-0.3, -0.25) is 4.79 Å². The van der Waals surface area contributed by atoms with Crippen LogP contribution in [0.15, 0.2) is 24.3 Å². The van der Waals surface area contributed by atoms with Crippen LogP contribution in [-0.2, 0) is 4.79 Å². The SMILES string of the molecule is CC(N[C@H](C)c1ccccc1Cl)C(C)C(=O)O. The molecule has 3 atom stereocenters. The van der Waals surface area contributed by atoms with Crippen LogP contribution in [0.25, 0.3) is 0 Å². The van der Waals surface area contributed by atoms with Crippen molar-refractivity contribution in [1.29, 1.82) is 0 Å². The minimum atomic E-state index is -0.795. The Kier molecular flexibility index (Phi) is 4.97. The lowest BCUT2D eigenvalue weighted by Crippen LogP contribution is -2.37. The molecule has 0 saturated heterocycles. The number of benzene rings is 1. The highest BCUT2D eigenvalue weighted by Crippen LogP contribution is 2.23. The van der Waals surface area contributed by atoms with Gasteiger partial charge in [0.2, 0.25) is 0 Å².